The van der Waals surface area contributed by atoms with Crippen molar-refractivity contribution in [3.63, 3.8) is 0 Å². The number of rotatable bonds is 5. The first kappa shape index (κ1) is 21.8. The third-order valence-corrected chi connectivity index (χ3v) is 5.29. The molecule has 0 radical (unpaired) electrons. The number of sulfonamides is 1. The van der Waals surface area contributed by atoms with Crippen molar-refractivity contribution in [1.29, 1.82) is 0 Å². The van der Waals surface area contributed by atoms with E-state index in [1.165, 1.54) is 24.3 Å². The van der Waals surface area contributed by atoms with Gasteiger partial charge in [-0.2, -0.15) is 13.2 Å². The molecule has 2 aromatic carbocycles. The number of anilines is 3. The van der Waals surface area contributed by atoms with Crippen LogP contribution in [0.3, 0.4) is 0 Å². The molecule has 0 aliphatic carbocycles. The van der Waals surface area contributed by atoms with Crippen LogP contribution in [0.4, 0.5) is 30.2 Å². The monoisotopic (exact) mass is 443 g/mol. The molecule has 162 valence electrons. The SMILES string of the molecule is CS(=O)(=O)Nc1cc(C(=O)O)ccc1N1CCN(c2cccc(C(F)(F)F)c2)CC1. The quantitative estimate of drug-likeness (QED) is 0.738. The van der Waals surface area contributed by atoms with E-state index in [-0.39, 0.29) is 11.3 Å². The summed E-state index contributed by atoms with van der Waals surface area (Å²) in [6.07, 6.45) is -3.45. The third kappa shape index (κ3) is 5.15. The van der Waals surface area contributed by atoms with Crippen LogP contribution in [0, 0.1) is 0 Å². The van der Waals surface area contributed by atoms with E-state index in [9.17, 15) is 31.5 Å². The molecule has 1 aliphatic rings. The first-order chi connectivity index (χ1) is 13.9. The standard InChI is InChI=1S/C19H20F3N3O4S/c1-30(28,29)23-16-11-13(18(26)27)5-6-17(16)25-9-7-24(8-10-25)15-4-2-3-14(12-15)19(20,21)22/h2-6,11-12,23H,7-10H2,1H3,(H,26,27). The Morgan fingerprint density at radius 1 is 1.03 bits per heavy atom. The number of halogens is 3. The first-order valence-electron chi connectivity index (χ1n) is 8.96. The molecule has 2 N–H and O–H groups in total. The molecule has 0 spiro atoms. The van der Waals surface area contributed by atoms with E-state index in [2.05, 4.69) is 4.72 Å². The van der Waals surface area contributed by atoms with E-state index in [0.717, 1.165) is 18.4 Å². The van der Waals surface area contributed by atoms with Gasteiger partial charge in [0, 0.05) is 31.9 Å². The van der Waals surface area contributed by atoms with Crippen molar-refractivity contribution in [2.75, 3.05) is 47.0 Å². The molecule has 0 saturated carbocycles. The lowest BCUT2D eigenvalue weighted by Gasteiger charge is -2.38. The first-order valence-corrected chi connectivity index (χ1v) is 10.9. The largest absolute Gasteiger partial charge is 0.478 e. The van der Waals surface area contributed by atoms with Gasteiger partial charge in [-0.3, -0.25) is 4.72 Å². The Labute approximate surface area is 171 Å². The van der Waals surface area contributed by atoms with Crippen molar-refractivity contribution >= 4 is 33.1 Å². The van der Waals surface area contributed by atoms with Gasteiger partial charge in [0.15, 0.2) is 0 Å². The number of carboxylic acid groups (broad SMARTS) is 1. The van der Waals surface area contributed by atoms with E-state index in [1.807, 2.05) is 9.80 Å². The van der Waals surface area contributed by atoms with E-state index in [1.54, 1.807) is 6.07 Å². The van der Waals surface area contributed by atoms with Crippen molar-refractivity contribution in [2.24, 2.45) is 0 Å². The van der Waals surface area contributed by atoms with Crippen molar-refractivity contribution in [3.05, 3.63) is 53.6 Å². The van der Waals surface area contributed by atoms with Crippen LogP contribution < -0.4 is 14.5 Å². The number of alkyl halides is 3. The van der Waals surface area contributed by atoms with Crippen molar-refractivity contribution < 1.29 is 31.5 Å². The average molecular weight is 443 g/mol. The maximum atomic E-state index is 13.0. The number of piperazine rings is 1. The smallest absolute Gasteiger partial charge is 0.416 e. The van der Waals surface area contributed by atoms with Crippen LogP contribution in [0.25, 0.3) is 0 Å². The van der Waals surface area contributed by atoms with Crippen molar-refractivity contribution in [1.82, 2.24) is 0 Å². The lowest BCUT2D eigenvalue weighted by Crippen LogP contribution is -2.46. The number of aromatic carboxylic acids is 1. The van der Waals surface area contributed by atoms with Gasteiger partial charge in [-0.15, -0.1) is 0 Å². The van der Waals surface area contributed by atoms with Crippen LogP contribution in [-0.4, -0.2) is 51.9 Å². The zero-order chi connectivity index (χ0) is 22.1. The van der Waals surface area contributed by atoms with Gasteiger partial charge in [0.1, 0.15) is 0 Å². The number of carboxylic acids is 1. The highest BCUT2D eigenvalue weighted by molar-refractivity contribution is 7.92. The molecule has 0 aromatic heterocycles. The van der Waals surface area contributed by atoms with Crippen LogP contribution in [0.2, 0.25) is 0 Å². The lowest BCUT2D eigenvalue weighted by atomic mass is 10.1. The summed E-state index contributed by atoms with van der Waals surface area (Å²) in [5, 5.41) is 9.17. The van der Waals surface area contributed by atoms with Gasteiger partial charge >= 0.3 is 12.1 Å². The third-order valence-electron chi connectivity index (χ3n) is 4.70. The van der Waals surface area contributed by atoms with Gasteiger partial charge in [0.05, 0.1) is 28.8 Å². The molecule has 1 fully saturated rings. The van der Waals surface area contributed by atoms with E-state index >= 15 is 0 Å². The topological polar surface area (TPSA) is 89.9 Å². The highest BCUT2D eigenvalue weighted by atomic mass is 32.2. The molecular weight excluding hydrogens is 423 g/mol. The fraction of sp³-hybridized carbons (Fsp3) is 0.316. The van der Waals surface area contributed by atoms with Gasteiger partial charge in [0.2, 0.25) is 10.0 Å². The highest BCUT2D eigenvalue weighted by Crippen LogP contribution is 2.33. The summed E-state index contributed by atoms with van der Waals surface area (Å²) in [7, 11) is -3.64. The molecule has 0 atom stereocenters. The minimum Gasteiger partial charge on any atom is -0.478 e. The summed E-state index contributed by atoms with van der Waals surface area (Å²) in [5.41, 5.74) is 0.332. The molecule has 2 aromatic rings. The van der Waals surface area contributed by atoms with Gasteiger partial charge in [-0.05, 0) is 36.4 Å². The Kier molecular flexibility index (Phi) is 5.84. The molecule has 30 heavy (non-hydrogen) atoms. The van der Waals surface area contributed by atoms with Gasteiger partial charge in [-0.25, -0.2) is 13.2 Å². The summed E-state index contributed by atoms with van der Waals surface area (Å²) in [6.45, 7) is 1.67. The number of nitrogens with one attached hydrogen (secondary N) is 1. The Morgan fingerprint density at radius 3 is 2.23 bits per heavy atom. The number of benzene rings is 2. The lowest BCUT2D eigenvalue weighted by molar-refractivity contribution is -0.137. The summed E-state index contributed by atoms with van der Waals surface area (Å²) in [5.74, 6) is -1.19. The Bertz CT molecular complexity index is 1050. The van der Waals surface area contributed by atoms with Crippen LogP contribution in [0.1, 0.15) is 15.9 Å². The summed E-state index contributed by atoms with van der Waals surface area (Å²) in [6, 6.07) is 9.26. The summed E-state index contributed by atoms with van der Waals surface area (Å²) in [4.78, 5) is 14.9. The molecule has 11 heteroatoms. The zero-order valence-electron chi connectivity index (χ0n) is 16.0. The van der Waals surface area contributed by atoms with Crippen LogP contribution in [0.5, 0.6) is 0 Å². The average Bonchev–Trinajstić information content (AvgIpc) is 2.66. The molecule has 1 heterocycles. The molecular formula is C19H20F3N3O4S. The number of hydrogen-bond donors (Lipinski definition) is 2. The van der Waals surface area contributed by atoms with E-state index < -0.39 is 27.7 Å². The fourth-order valence-electron chi connectivity index (χ4n) is 3.31. The van der Waals surface area contributed by atoms with Crippen molar-refractivity contribution in [3.8, 4) is 0 Å². The zero-order valence-corrected chi connectivity index (χ0v) is 16.8. The highest BCUT2D eigenvalue weighted by Gasteiger charge is 2.31. The Balaban J connectivity index is 1.80. The number of hydrogen-bond acceptors (Lipinski definition) is 5. The van der Waals surface area contributed by atoms with E-state index in [4.69, 9.17) is 0 Å². The predicted octanol–water partition coefficient (Wildman–Crippen LogP) is 3.10. The minimum atomic E-state index is -4.42. The molecule has 3 rings (SSSR count). The maximum absolute atomic E-state index is 13.0. The second kappa shape index (κ2) is 8.05. The minimum absolute atomic E-state index is 0.0625. The molecule has 0 unspecified atom stereocenters. The summed E-state index contributed by atoms with van der Waals surface area (Å²) >= 11 is 0. The predicted molar refractivity (Wildman–Crippen MR) is 108 cm³/mol. The Hall–Kier alpha value is -2.95. The van der Waals surface area contributed by atoms with E-state index in [0.29, 0.717) is 37.6 Å². The second-order valence-electron chi connectivity index (χ2n) is 6.93. The normalized spacial score (nSPS) is 15.2. The molecule has 1 saturated heterocycles. The number of nitrogens with zero attached hydrogens (tertiary/aromatic N) is 2. The Morgan fingerprint density at radius 2 is 1.67 bits per heavy atom. The molecule has 7 nitrogen and oxygen atoms in total. The number of carbonyl (C=O) groups is 1. The van der Waals surface area contributed by atoms with Crippen LogP contribution in [-0.2, 0) is 16.2 Å². The maximum Gasteiger partial charge on any atom is 0.416 e. The summed E-state index contributed by atoms with van der Waals surface area (Å²) < 4.78 is 64.6. The van der Waals surface area contributed by atoms with Gasteiger partial charge in [-0.1, -0.05) is 6.07 Å². The van der Waals surface area contributed by atoms with Crippen molar-refractivity contribution in [2.45, 2.75) is 6.18 Å². The molecule has 0 bridgehead atoms. The van der Waals surface area contributed by atoms with Crippen LogP contribution >= 0.6 is 0 Å². The molecule has 0 amide bonds. The molecule has 1 aliphatic heterocycles. The fourth-order valence-corrected chi connectivity index (χ4v) is 3.87. The van der Waals surface area contributed by atoms with Gasteiger partial charge in [0.25, 0.3) is 0 Å². The van der Waals surface area contributed by atoms with Gasteiger partial charge < -0.3 is 14.9 Å². The van der Waals surface area contributed by atoms with Crippen LogP contribution in [0.15, 0.2) is 42.5 Å². The second-order valence-corrected chi connectivity index (χ2v) is 8.68.